The van der Waals surface area contributed by atoms with Crippen LogP contribution in [0.4, 0.5) is 10.5 Å². The standard InChI is InChI=1S/C16H19N3O4/c1-10-19-12-7-11(8-17-15(20)22-16(2,3)4)5-6-13(12)21-9-14(19)18-23-10/h5-7H,1,8-9H2,2-4H3,(H,17,20). The van der Waals surface area contributed by atoms with Gasteiger partial charge in [0, 0.05) is 6.54 Å². The molecule has 1 amide bonds. The van der Waals surface area contributed by atoms with Crippen LogP contribution < -0.4 is 15.0 Å². The molecule has 1 aromatic carbocycles. The average Bonchev–Trinajstić information content (AvgIpc) is 2.85. The smallest absolute Gasteiger partial charge is 0.407 e. The topological polar surface area (TPSA) is 72.4 Å². The van der Waals surface area contributed by atoms with Gasteiger partial charge in [-0.05, 0) is 45.0 Å². The van der Waals surface area contributed by atoms with Crippen LogP contribution in [0.25, 0.3) is 0 Å². The lowest BCUT2D eigenvalue weighted by atomic mass is 10.1. The molecule has 0 radical (unpaired) electrons. The second kappa shape index (κ2) is 5.49. The third-order valence-electron chi connectivity index (χ3n) is 3.22. The van der Waals surface area contributed by atoms with Crippen LogP contribution in [0.2, 0.25) is 0 Å². The zero-order chi connectivity index (χ0) is 16.6. The summed E-state index contributed by atoms with van der Waals surface area (Å²) in [7, 11) is 0. The molecule has 1 aromatic rings. The van der Waals surface area contributed by atoms with Crippen LogP contribution in [0.1, 0.15) is 26.3 Å². The number of nitrogens with one attached hydrogen (secondary N) is 1. The molecule has 122 valence electrons. The number of alkyl carbamates (subject to hydrolysis) is 1. The van der Waals surface area contributed by atoms with Crippen molar-refractivity contribution >= 4 is 17.6 Å². The molecule has 0 atom stereocenters. The minimum Gasteiger partial charge on any atom is -0.483 e. The summed E-state index contributed by atoms with van der Waals surface area (Å²) >= 11 is 0. The Morgan fingerprint density at radius 2 is 2.26 bits per heavy atom. The minimum absolute atomic E-state index is 0.335. The molecule has 0 bridgehead atoms. The molecule has 23 heavy (non-hydrogen) atoms. The molecule has 0 aromatic heterocycles. The van der Waals surface area contributed by atoms with Crippen molar-refractivity contribution in [1.29, 1.82) is 0 Å². The van der Waals surface area contributed by atoms with E-state index in [2.05, 4.69) is 17.1 Å². The number of carbonyl (C=O) groups is 1. The van der Waals surface area contributed by atoms with Gasteiger partial charge in [0.1, 0.15) is 11.4 Å². The van der Waals surface area contributed by atoms with E-state index in [9.17, 15) is 4.79 Å². The number of hydrogen-bond donors (Lipinski definition) is 1. The van der Waals surface area contributed by atoms with Gasteiger partial charge in [0.25, 0.3) is 0 Å². The Hall–Kier alpha value is -2.70. The van der Waals surface area contributed by atoms with Crippen molar-refractivity contribution in [2.45, 2.75) is 32.9 Å². The van der Waals surface area contributed by atoms with E-state index >= 15 is 0 Å². The molecule has 0 saturated heterocycles. The van der Waals surface area contributed by atoms with Crippen LogP contribution in [0.3, 0.4) is 0 Å². The average molecular weight is 317 g/mol. The third kappa shape index (κ3) is 3.23. The summed E-state index contributed by atoms with van der Waals surface area (Å²) in [6.07, 6.45) is -0.456. The quantitative estimate of drug-likeness (QED) is 0.908. The fourth-order valence-electron chi connectivity index (χ4n) is 2.30. The van der Waals surface area contributed by atoms with E-state index in [0.29, 0.717) is 24.9 Å². The van der Waals surface area contributed by atoms with Crippen molar-refractivity contribution in [2.24, 2.45) is 5.16 Å². The van der Waals surface area contributed by atoms with Crippen LogP contribution in [0, 0.1) is 0 Å². The number of rotatable bonds is 2. The van der Waals surface area contributed by atoms with Crippen molar-refractivity contribution in [3.8, 4) is 5.75 Å². The normalized spacial score (nSPS) is 15.9. The monoisotopic (exact) mass is 317 g/mol. The van der Waals surface area contributed by atoms with E-state index in [1.165, 1.54) is 0 Å². The van der Waals surface area contributed by atoms with E-state index in [0.717, 1.165) is 17.0 Å². The van der Waals surface area contributed by atoms with Crippen molar-refractivity contribution in [3.05, 3.63) is 36.2 Å². The van der Waals surface area contributed by atoms with E-state index in [1.54, 1.807) is 4.90 Å². The Balaban J connectivity index is 1.73. The molecular weight excluding hydrogens is 298 g/mol. The van der Waals surface area contributed by atoms with Gasteiger partial charge in [-0.25, -0.2) is 4.79 Å². The SMILES string of the molecule is C=C1ON=C2COc3ccc(CNC(=O)OC(C)(C)C)cc3N12. The first kappa shape index (κ1) is 15.2. The van der Waals surface area contributed by atoms with E-state index in [4.69, 9.17) is 14.3 Å². The number of amidine groups is 1. The lowest BCUT2D eigenvalue weighted by Crippen LogP contribution is -2.35. The highest BCUT2D eigenvalue weighted by atomic mass is 16.7. The number of oxime groups is 1. The first-order chi connectivity index (χ1) is 10.8. The second-order valence-electron chi connectivity index (χ2n) is 6.27. The van der Waals surface area contributed by atoms with Crippen molar-refractivity contribution in [2.75, 3.05) is 11.5 Å². The van der Waals surface area contributed by atoms with Gasteiger partial charge in [0.05, 0.1) is 5.69 Å². The number of fused-ring (bicyclic) bond motifs is 3. The Morgan fingerprint density at radius 1 is 1.48 bits per heavy atom. The van der Waals surface area contributed by atoms with Gasteiger partial charge in [-0.2, -0.15) is 0 Å². The predicted octanol–water partition coefficient (Wildman–Crippen LogP) is 2.73. The van der Waals surface area contributed by atoms with Gasteiger partial charge in [-0.1, -0.05) is 11.2 Å². The maximum atomic E-state index is 11.7. The Bertz CT molecular complexity index is 691. The lowest BCUT2D eigenvalue weighted by molar-refractivity contribution is 0.0523. The van der Waals surface area contributed by atoms with Gasteiger partial charge >= 0.3 is 6.09 Å². The molecule has 3 rings (SSSR count). The predicted molar refractivity (Wildman–Crippen MR) is 85.1 cm³/mol. The Morgan fingerprint density at radius 3 is 3.00 bits per heavy atom. The summed E-state index contributed by atoms with van der Waals surface area (Å²) in [5, 5.41) is 6.64. The number of ether oxygens (including phenoxy) is 2. The molecule has 2 aliphatic rings. The number of carbonyl (C=O) groups excluding carboxylic acids is 1. The molecule has 7 heteroatoms. The minimum atomic E-state index is -0.524. The van der Waals surface area contributed by atoms with Crippen molar-refractivity contribution in [3.63, 3.8) is 0 Å². The number of anilines is 1. The zero-order valence-corrected chi connectivity index (χ0v) is 13.4. The summed E-state index contributed by atoms with van der Waals surface area (Å²) in [6, 6.07) is 5.64. The third-order valence-corrected chi connectivity index (χ3v) is 3.22. The molecule has 0 spiro atoms. The van der Waals surface area contributed by atoms with Crippen molar-refractivity contribution in [1.82, 2.24) is 5.32 Å². The summed E-state index contributed by atoms with van der Waals surface area (Å²) in [5.41, 5.74) is 1.17. The molecule has 1 N–H and O–H groups in total. The highest BCUT2D eigenvalue weighted by molar-refractivity contribution is 6.04. The molecular formula is C16H19N3O4. The van der Waals surface area contributed by atoms with E-state index in [1.807, 2.05) is 39.0 Å². The van der Waals surface area contributed by atoms with Crippen LogP contribution in [0.5, 0.6) is 5.75 Å². The highest BCUT2D eigenvalue weighted by Crippen LogP contribution is 2.37. The maximum Gasteiger partial charge on any atom is 0.407 e. The Kier molecular flexibility index (Phi) is 3.63. The van der Waals surface area contributed by atoms with Gasteiger partial charge in [-0.3, -0.25) is 4.90 Å². The summed E-state index contributed by atoms with van der Waals surface area (Å²) in [6.45, 7) is 9.97. The van der Waals surface area contributed by atoms with E-state index in [-0.39, 0.29) is 0 Å². The second-order valence-corrected chi connectivity index (χ2v) is 6.27. The van der Waals surface area contributed by atoms with Crippen LogP contribution in [-0.2, 0) is 16.1 Å². The Labute approximate surface area is 134 Å². The molecule has 0 aliphatic carbocycles. The van der Waals surface area contributed by atoms with Crippen molar-refractivity contribution < 1.29 is 19.1 Å². The zero-order valence-electron chi connectivity index (χ0n) is 13.4. The van der Waals surface area contributed by atoms with Gasteiger partial charge < -0.3 is 19.6 Å². The van der Waals surface area contributed by atoms with Crippen LogP contribution >= 0.6 is 0 Å². The largest absolute Gasteiger partial charge is 0.483 e. The molecule has 0 unspecified atom stereocenters. The molecule has 7 nitrogen and oxygen atoms in total. The van der Waals surface area contributed by atoms with Gasteiger partial charge in [-0.15, -0.1) is 0 Å². The van der Waals surface area contributed by atoms with E-state index < -0.39 is 11.7 Å². The first-order valence-corrected chi connectivity index (χ1v) is 7.29. The van der Waals surface area contributed by atoms with Crippen LogP contribution in [-0.4, -0.2) is 24.1 Å². The number of nitrogens with zero attached hydrogens (tertiary/aromatic N) is 2. The lowest BCUT2D eigenvalue weighted by Gasteiger charge is -2.27. The summed E-state index contributed by atoms with van der Waals surface area (Å²) < 4.78 is 10.8. The number of hydrogen-bond acceptors (Lipinski definition) is 6. The van der Waals surface area contributed by atoms with Gasteiger partial charge in [0.2, 0.25) is 5.88 Å². The molecule has 2 aliphatic heterocycles. The fourth-order valence-corrected chi connectivity index (χ4v) is 2.30. The molecule has 0 fully saturated rings. The number of benzene rings is 1. The molecule has 2 heterocycles. The van der Waals surface area contributed by atoms with Crippen LogP contribution in [0.15, 0.2) is 35.8 Å². The highest BCUT2D eigenvalue weighted by Gasteiger charge is 2.32. The summed E-state index contributed by atoms with van der Waals surface area (Å²) in [5.74, 6) is 1.80. The number of amides is 1. The van der Waals surface area contributed by atoms with Gasteiger partial charge in [0.15, 0.2) is 12.4 Å². The molecule has 0 saturated carbocycles. The first-order valence-electron chi connectivity index (χ1n) is 7.29. The fraction of sp³-hybridized carbons (Fsp3) is 0.375. The summed E-state index contributed by atoms with van der Waals surface area (Å²) in [4.78, 5) is 18.6. The maximum absolute atomic E-state index is 11.7.